The van der Waals surface area contributed by atoms with E-state index in [9.17, 15) is 46.7 Å². The monoisotopic (exact) mass is 928 g/mol. The van der Waals surface area contributed by atoms with Crippen molar-refractivity contribution in [3.8, 4) is 0 Å². The lowest BCUT2D eigenvalue weighted by molar-refractivity contribution is -0.306. The number of hydrogen-bond acceptors (Lipinski definition) is 16. The van der Waals surface area contributed by atoms with Gasteiger partial charge < -0.3 is 49.3 Å². The number of unbranched alkanes of at least 4 members (excludes halogenated alkanes) is 4. The number of carbonyl (C=O) groups excluding carboxylic acids is 7. The van der Waals surface area contributed by atoms with Crippen LogP contribution in [0.4, 0.5) is 18.0 Å². The first-order chi connectivity index (χ1) is 30.4. The van der Waals surface area contributed by atoms with Crippen molar-refractivity contribution in [3.05, 3.63) is 35.4 Å². The van der Waals surface area contributed by atoms with E-state index < -0.39 is 85.5 Å². The first-order valence-corrected chi connectivity index (χ1v) is 22.2. The number of nitrogens with one attached hydrogen (secondary N) is 3. The Bertz CT molecular complexity index is 1870. The number of benzene rings is 1. The van der Waals surface area contributed by atoms with Crippen LogP contribution in [-0.2, 0) is 69.4 Å². The van der Waals surface area contributed by atoms with Gasteiger partial charge in [-0.15, -0.1) is 10.2 Å². The maximum absolute atomic E-state index is 13.9. The molecule has 3 saturated heterocycles. The first kappa shape index (κ1) is 50.0. The minimum Gasteiger partial charge on any atom is -0.463 e. The van der Waals surface area contributed by atoms with Gasteiger partial charge in [0.2, 0.25) is 11.8 Å². The van der Waals surface area contributed by atoms with Gasteiger partial charge in [0.05, 0.1) is 12.1 Å². The maximum atomic E-state index is 13.9. The third-order valence-corrected chi connectivity index (χ3v) is 12.4. The number of alkyl halides is 3. The Kier molecular flexibility index (Phi) is 17.8. The lowest BCUT2D eigenvalue weighted by atomic mass is 9.98. The quantitative estimate of drug-likeness (QED) is 0.0614. The number of ether oxygens (including phenoxy) is 6. The number of esters is 4. The number of fused-ring (bicyclic) bond motifs is 1. The molecule has 0 radical (unpaired) electrons. The molecule has 4 aliphatic heterocycles. The van der Waals surface area contributed by atoms with Crippen molar-refractivity contribution in [3.63, 3.8) is 0 Å². The number of thioether (sulfide) groups is 1. The van der Waals surface area contributed by atoms with Crippen LogP contribution in [0, 0.1) is 0 Å². The minimum absolute atomic E-state index is 0.0441. The first-order valence-electron chi connectivity index (χ1n) is 21.1. The normalized spacial score (nSPS) is 25.3. The summed E-state index contributed by atoms with van der Waals surface area (Å²) in [5.74, 6) is -3.01. The van der Waals surface area contributed by atoms with Crippen molar-refractivity contribution in [1.82, 2.24) is 20.9 Å². The fourth-order valence-electron chi connectivity index (χ4n) is 7.74. The van der Waals surface area contributed by atoms with Crippen molar-refractivity contribution in [2.24, 2.45) is 10.2 Å². The highest BCUT2D eigenvalue weighted by atomic mass is 32.2. The highest BCUT2D eigenvalue weighted by Gasteiger charge is 2.65. The van der Waals surface area contributed by atoms with E-state index in [0.29, 0.717) is 49.5 Å². The molecule has 0 aromatic heterocycles. The molecule has 5 rings (SSSR count). The van der Waals surface area contributed by atoms with Crippen LogP contribution < -0.4 is 16.0 Å². The molecule has 1 aromatic rings. The van der Waals surface area contributed by atoms with E-state index in [1.807, 2.05) is 11.8 Å². The van der Waals surface area contributed by atoms with Gasteiger partial charge in [-0.1, -0.05) is 43.5 Å². The van der Waals surface area contributed by atoms with Crippen molar-refractivity contribution in [2.75, 3.05) is 32.1 Å². The fraction of sp³-hybridized carbons (Fsp3) is 0.683. The van der Waals surface area contributed by atoms with E-state index in [1.165, 1.54) is 29.2 Å². The third-order valence-electron chi connectivity index (χ3n) is 10.9. The molecule has 354 valence electrons. The van der Waals surface area contributed by atoms with Crippen molar-refractivity contribution in [1.29, 1.82) is 0 Å². The number of halogens is 3. The summed E-state index contributed by atoms with van der Waals surface area (Å²) in [6.45, 7) is 3.74. The number of nitrogens with zero attached hydrogens (tertiary/aromatic N) is 3. The Morgan fingerprint density at radius 1 is 0.859 bits per heavy atom. The Labute approximate surface area is 371 Å². The summed E-state index contributed by atoms with van der Waals surface area (Å²) in [6, 6.07) is 5.52. The smallest absolute Gasteiger partial charge is 0.442 e. The van der Waals surface area contributed by atoms with Gasteiger partial charge in [0, 0.05) is 70.3 Å². The van der Waals surface area contributed by atoms with Crippen LogP contribution in [0.3, 0.4) is 0 Å². The molecule has 64 heavy (non-hydrogen) atoms. The molecule has 4 heterocycles. The molecule has 0 saturated carbocycles. The van der Waals surface area contributed by atoms with E-state index in [-0.39, 0.29) is 42.7 Å². The lowest BCUT2D eigenvalue weighted by Gasteiger charge is -2.44. The molecule has 3 unspecified atom stereocenters. The number of rotatable bonds is 23. The summed E-state index contributed by atoms with van der Waals surface area (Å²) < 4.78 is 74.1. The van der Waals surface area contributed by atoms with Crippen LogP contribution >= 0.6 is 11.8 Å². The lowest BCUT2D eigenvalue weighted by Crippen LogP contribution is -2.63. The van der Waals surface area contributed by atoms with Gasteiger partial charge in [0.15, 0.2) is 24.6 Å². The number of amides is 4. The summed E-state index contributed by atoms with van der Waals surface area (Å²) in [5.41, 5.74) is -2.32. The van der Waals surface area contributed by atoms with Crippen molar-refractivity contribution >= 4 is 53.5 Å². The van der Waals surface area contributed by atoms with Gasteiger partial charge in [0.25, 0.3) is 0 Å². The molecule has 0 bridgehead atoms. The average Bonchev–Trinajstić information content (AvgIpc) is 3.86. The predicted molar refractivity (Wildman–Crippen MR) is 218 cm³/mol. The molecule has 4 amide bonds. The van der Waals surface area contributed by atoms with Gasteiger partial charge in [-0.25, -0.2) is 4.79 Å². The molecule has 4 aliphatic rings. The molecule has 3 fully saturated rings. The molecular formula is C41H55F3N6O13S. The number of hydrogen-bond donors (Lipinski definition) is 3. The Morgan fingerprint density at radius 2 is 1.52 bits per heavy atom. The van der Waals surface area contributed by atoms with Gasteiger partial charge in [-0.05, 0) is 31.2 Å². The zero-order valence-corrected chi connectivity index (χ0v) is 36.8. The van der Waals surface area contributed by atoms with E-state index in [2.05, 4.69) is 26.2 Å². The van der Waals surface area contributed by atoms with E-state index in [4.69, 9.17) is 28.4 Å². The molecule has 1 aromatic carbocycles. The van der Waals surface area contributed by atoms with Crippen LogP contribution in [0.5, 0.6) is 0 Å². The molecule has 8 atom stereocenters. The van der Waals surface area contributed by atoms with Gasteiger partial charge in [-0.3, -0.25) is 28.8 Å². The standard InChI is InChI=1S/C41H55F3N6O13S/c1-23(51)58-20-30-35(60-24(2)52)36(61-25(3)53)37(62-26(4)54)38(63-30)59-21-33(56)50(19-27-13-15-28(16-14-27)40(48-49-40)41(42,43)44)18-10-6-5-9-17-45-32(55)12-8-7-11-31-34-29(22-64-31)46-39(57)47-34/h13-16,29-31,34-38H,5-12,17-22H2,1-4H3,(H,45,55)(H2,46,47,57)/t29?,30-,31?,34?,35+,36+,37+,38+/m1/s1. The number of carbonyl (C=O) groups is 7. The summed E-state index contributed by atoms with van der Waals surface area (Å²) in [7, 11) is 0. The Hall–Kier alpha value is -5.03. The second kappa shape index (κ2) is 22.7. The van der Waals surface area contributed by atoms with Crippen LogP contribution in [0.25, 0.3) is 0 Å². The van der Waals surface area contributed by atoms with E-state index in [1.54, 1.807) is 0 Å². The van der Waals surface area contributed by atoms with Gasteiger partial charge in [0.1, 0.15) is 19.3 Å². The number of urea groups is 1. The minimum atomic E-state index is -4.72. The molecule has 23 heteroatoms. The van der Waals surface area contributed by atoms with Crippen LogP contribution in [0.1, 0.15) is 90.2 Å². The second-order valence-electron chi connectivity index (χ2n) is 15.9. The highest BCUT2D eigenvalue weighted by Crippen LogP contribution is 2.52. The van der Waals surface area contributed by atoms with Crippen LogP contribution in [0.2, 0.25) is 0 Å². The van der Waals surface area contributed by atoms with E-state index in [0.717, 1.165) is 52.7 Å². The Morgan fingerprint density at radius 3 is 2.16 bits per heavy atom. The van der Waals surface area contributed by atoms with E-state index >= 15 is 0 Å². The molecule has 19 nitrogen and oxygen atoms in total. The van der Waals surface area contributed by atoms with Crippen molar-refractivity contribution < 1.29 is 75.2 Å². The predicted octanol–water partition coefficient (Wildman–Crippen LogP) is 3.70. The maximum Gasteiger partial charge on any atom is 0.442 e. The largest absolute Gasteiger partial charge is 0.463 e. The third kappa shape index (κ3) is 14.0. The van der Waals surface area contributed by atoms with Gasteiger partial charge in [-0.2, -0.15) is 24.9 Å². The summed E-state index contributed by atoms with van der Waals surface area (Å²) in [4.78, 5) is 87.7. The molecule has 0 aliphatic carbocycles. The van der Waals surface area contributed by atoms with Crippen molar-refractivity contribution in [2.45, 2.75) is 145 Å². The summed E-state index contributed by atoms with van der Waals surface area (Å²) >= 11 is 1.84. The zero-order valence-electron chi connectivity index (χ0n) is 36.0. The SMILES string of the molecule is CC(=O)OC[C@H]1O[C@H](OCC(=O)N(CCCCCCNC(=O)CCCCC2SCC3NC(=O)NC32)Cc2ccc(C3(C(F)(F)F)N=N3)cc2)[C@@H](OC(C)=O)[C@@H](OC(C)=O)[C@H]1OC(C)=O. The average molecular weight is 929 g/mol. The summed E-state index contributed by atoms with van der Waals surface area (Å²) in [5, 5.41) is 15.7. The molecule has 3 N–H and O–H groups in total. The fourth-order valence-corrected chi connectivity index (χ4v) is 9.28. The highest BCUT2D eigenvalue weighted by molar-refractivity contribution is 8.00. The van der Waals surface area contributed by atoms with Crippen LogP contribution in [-0.4, -0.2) is 133 Å². The summed E-state index contributed by atoms with van der Waals surface area (Å²) in [6.07, 6.45) is -6.68. The second-order valence-corrected chi connectivity index (χ2v) is 17.2. The molecule has 0 spiro atoms. The molecular weight excluding hydrogens is 874 g/mol. The Balaban J connectivity index is 1.17. The van der Waals surface area contributed by atoms with Gasteiger partial charge >= 0.3 is 41.7 Å². The zero-order chi connectivity index (χ0) is 46.6. The topological polar surface area (TPSA) is 239 Å². The van der Waals surface area contributed by atoms with Crippen LogP contribution in [0.15, 0.2) is 34.5 Å².